The van der Waals surface area contributed by atoms with Gasteiger partial charge in [0.25, 0.3) is 0 Å². The van der Waals surface area contributed by atoms with Gasteiger partial charge < -0.3 is 10.6 Å². The first-order valence-electron chi connectivity index (χ1n) is 8.06. The molecule has 2 aliphatic rings. The minimum absolute atomic E-state index is 0.0460. The molecule has 23 heavy (non-hydrogen) atoms. The number of amides is 1. The molecule has 2 unspecified atom stereocenters. The van der Waals surface area contributed by atoms with Crippen molar-refractivity contribution in [3.63, 3.8) is 0 Å². The molecular weight excluding hydrogens is 314 g/mol. The lowest BCUT2D eigenvalue weighted by Crippen LogP contribution is -2.39. The molecule has 1 amide bonds. The number of fused-ring (bicyclic) bond motifs is 2. The smallest absolute Gasteiger partial charge is 0.240 e. The van der Waals surface area contributed by atoms with E-state index in [1.807, 2.05) is 0 Å². The van der Waals surface area contributed by atoms with E-state index in [2.05, 4.69) is 15.4 Å². The molecule has 0 spiro atoms. The molecule has 2 fully saturated rings. The van der Waals surface area contributed by atoms with E-state index in [1.54, 1.807) is 12.1 Å². The Morgan fingerprint density at radius 1 is 1.26 bits per heavy atom. The molecule has 2 saturated heterocycles. The zero-order valence-corrected chi connectivity index (χ0v) is 14.0. The third-order valence-corrected chi connectivity index (χ3v) is 6.15. The third kappa shape index (κ3) is 3.91. The molecule has 2 atom stereocenters. The number of sulfonamides is 1. The number of carbonyl (C=O) groups is 1. The van der Waals surface area contributed by atoms with Gasteiger partial charge in [-0.2, -0.15) is 0 Å². The summed E-state index contributed by atoms with van der Waals surface area (Å²) in [7, 11) is -2.13. The summed E-state index contributed by atoms with van der Waals surface area (Å²) in [5.74, 6) is 0.369. The molecule has 2 bridgehead atoms. The summed E-state index contributed by atoms with van der Waals surface area (Å²) in [4.78, 5) is 12.4. The van der Waals surface area contributed by atoms with Crippen LogP contribution in [-0.2, 0) is 14.8 Å². The molecule has 0 saturated carbocycles. The van der Waals surface area contributed by atoms with E-state index >= 15 is 0 Å². The van der Waals surface area contributed by atoms with Crippen LogP contribution in [0.2, 0.25) is 0 Å². The van der Waals surface area contributed by atoms with Crippen LogP contribution >= 0.6 is 0 Å². The zero-order chi connectivity index (χ0) is 16.4. The van der Waals surface area contributed by atoms with Crippen LogP contribution in [0.4, 0.5) is 5.69 Å². The largest absolute Gasteiger partial charge is 0.326 e. The summed E-state index contributed by atoms with van der Waals surface area (Å²) in [5, 5.41) is 6.39. The first-order chi connectivity index (χ1) is 11.0. The second kappa shape index (κ2) is 6.59. The molecule has 2 aliphatic heterocycles. The molecule has 0 aliphatic carbocycles. The van der Waals surface area contributed by atoms with Crippen LogP contribution < -0.4 is 15.4 Å². The average molecular weight is 337 g/mol. The Labute approximate surface area is 137 Å². The van der Waals surface area contributed by atoms with Gasteiger partial charge in [-0.1, -0.05) is 6.07 Å². The Bertz CT molecular complexity index is 678. The van der Waals surface area contributed by atoms with Gasteiger partial charge in [-0.25, -0.2) is 13.1 Å². The molecule has 1 aromatic rings. The Balaban J connectivity index is 1.61. The molecule has 1 aromatic carbocycles. The van der Waals surface area contributed by atoms with Gasteiger partial charge in [-0.15, -0.1) is 0 Å². The van der Waals surface area contributed by atoms with Gasteiger partial charge in [0.05, 0.1) is 4.90 Å². The van der Waals surface area contributed by atoms with E-state index in [0.29, 0.717) is 30.1 Å². The summed E-state index contributed by atoms with van der Waals surface area (Å²) in [6.45, 7) is 0. The predicted octanol–water partition coefficient (Wildman–Crippen LogP) is 1.45. The molecule has 126 valence electrons. The van der Waals surface area contributed by atoms with Crippen molar-refractivity contribution in [1.82, 2.24) is 10.0 Å². The Kier molecular flexibility index (Phi) is 4.70. The molecule has 0 radical (unpaired) electrons. The van der Waals surface area contributed by atoms with E-state index in [9.17, 15) is 13.2 Å². The van der Waals surface area contributed by atoms with Gasteiger partial charge in [0.2, 0.25) is 15.9 Å². The van der Waals surface area contributed by atoms with Crippen molar-refractivity contribution in [3.05, 3.63) is 24.3 Å². The highest BCUT2D eigenvalue weighted by Crippen LogP contribution is 2.32. The van der Waals surface area contributed by atoms with Gasteiger partial charge in [0.15, 0.2) is 0 Å². The van der Waals surface area contributed by atoms with Crippen molar-refractivity contribution in [3.8, 4) is 0 Å². The lowest BCUT2D eigenvalue weighted by molar-refractivity contribution is -0.117. The number of rotatable bonds is 5. The number of hydrogen-bond acceptors (Lipinski definition) is 4. The lowest BCUT2D eigenvalue weighted by atomic mass is 9.89. The molecule has 6 nitrogen and oxygen atoms in total. The topological polar surface area (TPSA) is 87.3 Å². The molecule has 3 N–H and O–H groups in total. The summed E-state index contributed by atoms with van der Waals surface area (Å²) in [6.07, 6.45) is 5.04. The van der Waals surface area contributed by atoms with E-state index < -0.39 is 10.0 Å². The van der Waals surface area contributed by atoms with Crippen molar-refractivity contribution in [1.29, 1.82) is 0 Å². The number of piperidine rings is 1. The van der Waals surface area contributed by atoms with Crippen LogP contribution in [0.15, 0.2) is 29.2 Å². The monoisotopic (exact) mass is 337 g/mol. The van der Waals surface area contributed by atoms with E-state index in [4.69, 9.17) is 0 Å². The molecule has 7 heteroatoms. The zero-order valence-electron chi connectivity index (χ0n) is 13.2. The van der Waals surface area contributed by atoms with Gasteiger partial charge in [-0.05, 0) is 56.8 Å². The van der Waals surface area contributed by atoms with Crippen LogP contribution in [0.25, 0.3) is 0 Å². The maximum Gasteiger partial charge on any atom is 0.240 e. The fourth-order valence-corrected chi connectivity index (χ4v) is 4.45. The van der Waals surface area contributed by atoms with Crippen molar-refractivity contribution in [2.24, 2.45) is 5.92 Å². The lowest BCUT2D eigenvalue weighted by Gasteiger charge is -2.28. The van der Waals surface area contributed by atoms with E-state index in [0.717, 1.165) is 12.8 Å². The maximum absolute atomic E-state index is 12.2. The predicted molar refractivity (Wildman–Crippen MR) is 88.6 cm³/mol. The summed E-state index contributed by atoms with van der Waals surface area (Å²) >= 11 is 0. The van der Waals surface area contributed by atoms with E-state index in [1.165, 1.54) is 32.0 Å². The minimum Gasteiger partial charge on any atom is -0.326 e. The minimum atomic E-state index is -3.50. The Morgan fingerprint density at radius 2 is 1.96 bits per heavy atom. The quantitative estimate of drug-likeness (QED) is 0.759. The van der Waals surface area contributed by atoms with Crippen molar-refractivity contribution in [2.75, 3.05) is 12.4 Å². The second-order valence-corrected chi connectivity index (χ2v) is 8.35. The third-order valence-electron chi connectivity index (χ3n) is 4.74. The number of benzene rings is 1. The van der Waals surface area contributed by atoms with Crippen LogP contribution in [0.1, 0.15) is 32.1 Å². The number of anilines is 1. The average Bonchev–Trinajstić information content (AvgIpc) is 2.86. The fourth-order valence-electron chi connectivity index (χ4n) is 3.67. The highest BCUT2D eigenvalue weighted by Gasteiger charge is 2.34. The molecular formula is C16H23N3O3S. The van der Waals surface area contributed by atoms with Gasteiger partial charge in [0, 0.05) is 24.2 Å². The van der Waals surface area contributed by atoms with Crippen LogP contribution in [-0.4, -0.2) is 33.5 Å². The van der Waals surface area contributed by atoms with Gasteiger partial charge >= 0.3 is 0 Å². The number of hydrogen-bond donors (Lipinski definition) is 3. The highest BCUT2D eigenvalue weighted by molar-refractivity contribution is 7.89. The van der Waals surface area contributed by atoms with Crippen molar-refractivity contribution >= 4 is 21.6 Å². The van der Waals surface area contributed by atoms with Crippen molar-refractivity contribution < 1.29 is 13.2 Å². The number of carbonyl (C=O) groups excluding carboxylic acids is 1. The van der Waals surface area contributed by atoms with Gasteiger partial charge in [0.1, 0.15) is 0 Å². The van der Waals surface area contributed by atoms with Crippen molar-refractivity contribution in [2.45, 2.75) is 49.1 Å². The Hall–Kier alpha value is -1.44. The summed E-state index contributed by atoms with van der Waals surface area (Å²) in [5.41, 5.74) is 0.517. The molecule has 2 heterocycles. The number of nitrogens with one attached hydrogen (secondary N) is 3. The molecule has 3 rings (SSSR count). The van der Waals surface area contributed by atoms with Gasteiger partial charge in [-0.3, -0.25) is 4.79 Å². The molecule has 0 aromatic heterocycles. The first kappa shape index (κ1) is 16.4. The van der Waals surface area contributed by atoms with E-state index in [-0.39, 0.29) is 10.8 Å². The van der Waals surface area contributed by atoms with Crippen LogP contribution in [0.3, 0.4) is 0 Å². The SMILES string of the molecule is CNS(=O)(=O)c1cccc(NC(=O)CC2CC3CCC(C2)N3)c1. The van der Waals surface area contributed by atoms with Crippen LogP contribution in [0, 0.1) is 5.92 Å². The van der Waals surface area contributed by atoms with Crippen LogP contribution in [0.5, 0.6) is 0 Å². The normalized spacial score (nSPS) is 26.9. The Morgan fingerprint density at radius 3 is 2.61 bits per heavy atom. The summed E-state index contributed by atoms with van der Waals surface area (Å²) < 4.78 is 25.9. The highest BCUT2D eigenvalue weighted by atomic mass is 32.2. The standard InChI is InChI=1S/C16H23N3O3S/c1-17-23(21,22)15-4-2-3-12(10-15)19-16(20)9-11-7-13-5-6-14(8-11)18-13/h2-4,10-11,13-14,17-18H,5-9H2,1H3,(H,19,20). The first-order valence-corrected chi connectivity index (χ1v) is 9.54. The fraction of sp³-hybridized carbons (Fsp3) is 0.562. The maximum atomic E-state index is 12.2. The summed E-state index contributed by atoms with van der Waals surface area (Å²) in [6, 6.07) is 7.46. The second-order valence-electron chi connectivity index (χ2n) is 6.46.